The third-order valence-corrected chi connectivity index (χ3v) is 3.57. The third-order valence-electron chi connectivity index (χ3n) is 3.57. The fraction of sp³-hybridized carbons (Fsp3) is 0.533. The Morgan fingerprint density at radius 1 is 1.37 bits per heavy atom. The normalized spacial score (nSPS) is 24.3. The number of nitrogens with zero attached hydrogens (tertiary/aromatic N) is 1. The van der Waals surface area contributed by atoms with Gasteiger partial charge in [0.2, 0.25) is 0 Å². The zero-order chi connectivity index (χ0) is 13.8. The lowest BCUT2D eigenvalue weighted by atomic mass is 10.0. The van der Waals surface area contributed by atoms with Gasteiger partial charge in [-0.05, 0) is 25.0 Å². The van der Waals surface area contributed by atoms with E-state index >= 15 is 0 Å². The van der Waals surface area contributed by atoms with E-state index in [2.05, 4.69) is 18.7 Å². The summed E-state index contributed by atoms with van der Waals surface area (Å²) in [6.45, 7) is 6.64. The number of carbonyl (C=O) groups is 1. The van der Waals surface area contributed by atoms with Crippen LogP contribution in [0.25, 0.3) is 0 Å². The molecule has 4 heteroatoms. The van der Waals surface area contributed by atoms with E-state index < -0.39 is 5.97 Å². The lowest BCUT2D eigenvalue weighted by molar-refractivity contribution is -0.136. The van der Waals surface area contributed by atoms with E-state index in [9.17, 15) is 4.79 Å². The van der Waals surface area contributed by atoms with Gasteiger partial charge in [0.1, 0.15) is 0 Å². The predicted molar refractivity (Wildman–Crippen MR) is 73.1 cm³/mol. The summed E-state index contributed by atoms with van der Waals surface area (Å²) in [5.41, 5.74) is 2.01. The van der Waals surface area contributed by atoms with Crippen molar-refractivity contribution in [2.45, 2.75) is 39.0 Å². The van der Waals surface area contributed by atoms with Gasteiger partial charge in [-0.1, -0.05) is 24.3 Å². The zero-order valence-electron chi connectivity index (χ0n) is 11.5. The Labute approximate surface area is 114 Å². The molecule has 0 aromatic heterocycles. The van der Waals surface area contributed by atoms with Crippen LogP contribution in [0.3, 0.4) is 0 Å². The van der Waals surface area contributed by atoms with Gasteiger partial charge in [-0.2, -0.15) is 0 Å². The van der Waals surface area contributed by atoms with Crippen LogP contribution in [-0.4, -0.2) is 41.3 Å². The summed E-state index contributed by atoms with van der Waals surface area (Å²) in [7, 11) is 0. The fourth-order valence-electron chi connectivity index (χ4n) is 2.46. The molecule has 0 spiro atoms. The van der Waals surface area contributed by atoms with Crippen LogP contribution in [0.5, 0.6) is 0 Å². The van der Waals surface area contributed by atoms with Crippen LogP contribution in [0.1, 0.15) is 25.0 Å². The van der Waals surface area contributed by atoms with Crippen molar-refractivity contribution in [3.63, 3.8) is 0 Å². The quantitative estimate of drug-likeness (QED) is 0.901. The second-order valence-electron chi connectivity index (χ2n) is 5.26. The van der Waals surface area contributed by atoms with Gasteiger partial charge < -0.3 is 9.84 Å². The molecule has 19 heavy (non-hydrogen) atoms. The minimum absolute atomic E-state index is 0.0877. The summed E-state index contributed by atoms with van der Waals surface area (Å²) >= 11 is 0. The Hall–Kier alpha value is -1.39. The van der Waals surface area contributed by atoms with E-state index in [1.165, 1.54) is 0 Å². The highest BCUT2D eigenvalue weighted by atomic mass is 16.5. The van der Waals surface area contributed by atoms with Crippen LogP contribution in [0, 0.1) is 0 Å². The maximum absolute atomic E-state index is 10.9. The van der Waals surface area contributed by atoms with Crippen molar-refractivity contribution in [1.29, 1.82) is 0 Å². The molecule has 0 radical (unpaired) electrons. The molecule has 4 nitrogen and oxygen atoms in total. The van der Waals surface area contributed by atoms with E-state index in [4.69, 9.17) is 9.84 Å². The van der Waals surface area contributed by atoms with E-state index in [1.54, 1.807) is 0 Å². The molecule has 0 amide bonds. The number of ether oxygens (including phenoxy) is 1. The summed E-state index contributed by atoms with van der Waals surface area (Å²) in [5.74, 6) is -0.782. The second kappa shape index (κ2) is 6.17. The molecule has 1 aliphatic rings. The molecule has 0 saturated carbocycles. The minimum Gasteiger partial charge on any atom is -0.481 e. The largest absolute Gasteiger partial charge is 0.481 e. The van der Waals surface area contributed by atoms with E-state index in [0.29, 0.717) is 6.04 Å². The predicted octanol–water partition coefficient (Wildman–Crippen LogP) is 1.92. The molecule has 2 rings (SSSR count). The summed E-state index contributed by atoms with van der Waals surface area (Å²) in [4.78, 5) is 13.3. The van der Waals surface area contributed by atoms with Gasteiger partial charge in [0, 0.05) is 19.1 Å². The average Bonchev–Trinajstić information content (AvgIpc) is 2.35. The number of aliphatic carboxylic acids is 1. The Morgan fingerprint density at radius 2 is 2.05 bits per heavy atom. The van der Waals surface area contributed by atoms with Gasteiger partial charge in [-0.25, -0.2) is 0 Å². The topological polar surface area (TPSA) is 49.8 Å². The van der Waals surface area contributed by atoms with Crippen LogP contribution in [0.4, 0.5) is 0 Å². The van der Waals surface area contributed by atoms with Crippen molar-refractivity contribution in [2.24, 2.45) is 0 Å². The van der Waals surface area contributed by atoms with Crippen molar-refractivity contribution in [3.8, 4) is 0 Å². The summed E-state index contributed by atoms with van der Waals surface area (Å²) in [6.07, 6.45) is 0.326. The summed E-state index contributed by atoms with van der Waals surface area (Å²) in [6, 6.07) is 8.15. The van der Waals surface area contributed by atoms with Gasteiger partial charge in [0.05, 0.1) is 19.1 Å². The average molecular weight is 263 g/mol. The molecule has 1 heterocycles. The molecule has 2 unspecified atom stereocenters. The first-order valence-corrected chi connectivity index (χ1v) is 6.70. The number of carboxylic acid groups (broad SMARTS) is 1. The van der Waals surface area contributed by atoms with Gasteiger partial charge in [-0.3, -0.25) is 9.69 Å². The molecule has 104 valence electrons. The van der Waals surface area contributed by atoms with Crippen LogP contribution in [0.2, 0.25) is 0 Å². The first-order chi connectivity index (χ1) is 9.06. The molecule has 1 N–H and O–H groups in total. The fourth-order valence-corrected chi connectivity index (χ4v) is 2.46. The number of hydrogen-bond acceptors (Lipinski definition) is 3. The van der Waals surface area contributed by atoms with Crippen LogP contribution >= 0.6 is 0 Å². The van der Waals surface area contributed by atoms with E-state index in [1.807, 2.05) is 24.3 Å². The zero-order valence-corrected chi connectivity index (χ0v) is 11.5. The molecular formula is C15H21NO3. The molecule has 1 aliphatic heterocycles. The highest BCUT2D eigenvalue weighted by Crippen LogP contribution is 2.18. The Kier molecular flexibility index (Phi) is 4.56. The second-order valence-corrected chi connectivity index (χ2v) is 5.26. The van der Waals surface area contributed by atoms with Crippen LogP contribution in [-0.2, 0) is 22.5 Å². The minimum atomic E-state index is -0.782. The Morgan fingerprint density at radius 3 is 2.74 bits per heavy atom. The van der Waals surface area contributed by atoms with Gasteiger partial charge >= 0.3 is 5.97 Å². The lowest BCUT2D eigenvalue weighted by Crippen LogP contribution is -2.46. The molecule has 1 saturated heterocycles. The molecule has 0 bridgehead atoms. The molecule has 0 aliphatic carbocycles. The molecular weight excluding hydrogens is 242 g/mol. The van der Waals surface area contributed by atoms with Gasteiger partial charge in [-0.15, -0.1) is 0 Å². The first-order valence-electron chi connectivity index (χ1n) is 6.70. The first kappa shape index (κ1) is 14.0. The summed E-state index contributed by atoms with van der Waals surface area (Å²) in [5, 5.41) is 8.96. The standard InChI is InChI=1S/C15H21NO3/c1-11-10-19-12(2)8-16(11)9-14-6-4-3-5-13(14)7-15(17)18/h3-6,11-12H,7-10H2,1-2H3,(H,17,18). The van der Waals surface area contributed by atoms with Crippen molar-refractivity contribution < 1.29 is 14.6 Å². The Bertz CT molecular complexity index is 447. The van der Waals surface area contributed by atoms with E-state index in [0.717, 1.165) is 30.8 Å². The highest BCUT2D eigenvalue weighted by Gasteiger charge is 2.24. The van der Waals surface area contributed by atoms with Crippen molar-refractivity contribution in [3.05, 3.63) is 35.4 Å². The number of benzene rings is 1. The Balaban J connectivity index is 2.11. The monoisotopic (exact) mass is 263 g/mol. The van der Waals surface area contributed by atoms with E-state index in [-0.39, 0.29) is 12.5 Å². The molecule has 1 fully saturated rings. The lowest BCUT2D eigenvalue weighted by Gasteiger charge is -2.37. The smallest absolute Gasteiger partial charge is 0.307 e. The van der Waals surface area contributed by atoms with Crippen molar-refractivity contribution in [1.82, 2.24) is 4.90 Å². The number of hydrogen-bond donors (Lipinski definition) is 1. The third kappa shape index (κ3) is 3.78. The maximum atomic E-state index is 10.9. The van der Waals surface area contributed by atoms with Gasteiger partial charge in [0.15, 0.2) is 0 Å². The number of morpholine rings is 1. The number of rotatable bonds is 4. The molecule has 1 aromatic rings. The van der Waals surface area contributed by atoms with Crippen LogP contribution < -0.4 is 0 Å². The SMILES string of the molecule is CC1CN(Cc2ccccc2CC(=O)O)C(C)CO1. The molecule has 2 atom stereocenters. The van der Waals surface area contributed by atoms with Crippen LogP contribution in [0.15, 0.2) is 24.3 Å². The van der Waals surface area contributed by atoms with Gasteiger partial charge in [0.25, 0.3) is 0 Å². The number of carboxylic acids is 1. The van der Waals surface area contributed by atoms with Crippen molar-refractivity contribution >= 4 is 5.97 Å². The molecule has 1 aromatic carbocycles. The highest BCUT2D eigenvalue weighted by molar-refractivity contribution is 5.70. The summed E-state index contributed by atoms with van der Waals surface area (Å²) < 4.78 is 5.62. The maximum Gasteiger partial charge on any atom is 0.307 e. The van der Waals surface area contributed by atoms with Crippen molar-refractivity contribution in [2.75, 3.05) is 13.2 Å².